The molecule has 0 aliphatic heterocycles. The van der Waals surface area contributed by atoms with Gasteiger partial charge in [-0.3, -0.25) is 4.79 Å². The van der Waals surface area contributed by atoms with Crippen molar-refractivity contribution >= 4 is 33.4 Å². The number of primary amides is 1. The van der Waals surface area contributed by atoms with Crippen molar-refractivity contribution in [2.75, 3.05) is 6.61 Å². The van der Waals surface area contributed by atoms with Crippen LogP contribution in [0.15, 0.2) is 63.7 Å². The Labute approximate surface area is 189 Å². The molecule has 0 saturated carbocycles. The minimum absolute atomic E-state index is 0.162. The third-order valence-electron chi connectivity index (χ3n) is 4.03. The molecule has 4 aromatic rings. The Morgan fingerprint density at radius 2 is 1.97 bits per heavy atom. The lowest BCUT2D eigenvalue weighted by atomic mass is 10.2. The summed E-state index contributed by atoms with van der Waals surface area (Å²) in [6.45, 7) is -0.0266. The predicted molar refractivity (Wildman–Crippen MR) is 115 cm³/mol. The highest BCUT2D eigenvalue weighted by Crippen LogP contribution is 2.28. The summed E-state index contributed by atoms with van der Waals surface area (Å²) >= 11 is 9.50. The summed E-state index contributed by atoms with van der Waals surface area (Å²) in [6, 6.07) is 14.0. The molecule has 0 radical (unpaired) electrons. The van der Waals surface area contributed by atoms with Crippen molar-refractivity contribution < 1.29 is 18.8 Å². The zero-order valence-corrected chi connectivity index (χ0v) is 18.2. The van der Waals surface area contributed by atoms with Gasteiger partial charge in [0.1, 0.15) is 11.5 Å². The summed E-state index contributed by atoms with van der Waals surface area (Å²) in [5.74, 6) is 1.17. The largest absolute Gasteiger partial charge is 0.484 e. The normalized spacial score (nSPS) is 10.8. The SMILES string of the molecule is NC(=O)COc1ccc(-c2noc(-c3ccn(COc4ccc(Br)cc4Cl)n3)n2)cc1. The molecule has 0 atom stereocenters. The number of rotatable bonds is 8. The van der Waals surface area contributed by atoms with E-state index in [1.807, 2.05) is 6.07 Å². The zero-order valence-electron chi connectivity index (χ0n) is 15.9. The first-order valence-corrected chi connectivity index (χ1v) is 10.1. The van der Waals surface area contributed by atoms with Crippen molar-refractivity contribution in [2.24, 2.45) is 5.73 Å². The molecule has 0 aliphatic rings. The van der Waals surface area contributed by atoms with Crippen LogP contribution in [-0.4, -0.2) is 32.4 Å². The summed E-state index contributed by atoms with van der Waals surface area (Å²) in [4.78, 5) is 15.2. The summed E-state index contributed by atoms with van der Waals surface area (Å²) in [6.07, 6.45) is 1.73. The molecule has 0 fully saturated rings. The van der Waals surface area contributed by atoms with Gasteiger partial charge in [0.25, 0.3) is 11.8 Å². The third kappa shape index (κ3) is 5.22. The standard InChI is InChI=1S/C20H15BrClN5O4/c21-13-3-6-17(15(22)9-13)30-11-27-8-7-16(25-27)20-24-19(26-31-20)12-1-4-14(5-2-12)29-10-18(23)28/h1-9H,10-11H2,(H2,23,28). The van der Waals surface area contributed by atoms with Gasteiger partial charge >= 0.3 is 0 Å². The van der Waals surface area contributed by atoms with E-state index in [0.717, 1.165) is 4.47 Å². The predicted octanol–water partition coefficient (Wildman–Crippen LogP) is 3.92. The Morgan fingerprint density at radius 3 is 2.71 bits per heavy atom. The summed E-state index contributed by atoms with van der Waals surface area (Å²) in [5, 5.41) is 8.86. The molecule has 2 aromatic carbocycles. The maximum atomic E-state index is 10.8. The number of halogens is 2. The maximum Gasteiger partial charge on any atom is 0.278 e. The van der Waals surface area contributed by atoms with Crippen molar-refractivity contribution in [3.05, 3.63) is 64.2 Å². The molecule has 0 bridgehead atoms. The van der Waals surface area contributed by atoms with Crippen molar-refractivity contribution in [2.45, 2.75) is 6.73 Å². The minimum Gasteiger partial charge on any atom is -0.484 e. The molecule has 0 spiro atoms. The fourth-order valence-electron chi connectivity index (χ4n) is 2.58. The van der Waals surface area contributed by atoms with Crippen LogP contribution in [0.25, 0.3) is 23.0 Å². The van der Waals surface area contributed by atoms with Gasteiger partial charge in [0.2, 0.25) is 5.82 Å². The molecule has 0 aliphatic carbocycles. The molecule has 1 amide bonds. The molecular weight excluding hydrogens is 490 g/mol. The highest BCUT2D eigenvalue weighted by atomic mass is 79.9. The quantitative estimate of drug-likeness (QED) is 0.386. The number of hydrogen-bond donors (Lipinski definition) is 1. The number of benzene rings is 2. The van der Waals surface area contributed by atoms with Crippen LogP contribution in [0, 0.1) is 0 Å². The fraction of sp³-hybridized carbons (Fsp3) is 0.100. The Kier molecular flexibility index (Phi) is 6.19. The Balaban J connectivity index is 1.41. The van der Waals surface area contributed by atoms with E-state index >= 15 is 0 Å². The van der Waals surface area contributed by atoms with Gasteiger partial charge in [-0.15, -0.1) is 0 Å². The number of carbonyl (C=O) groups excluding carboxylic acids is 1. The first kappa shape index (κ1) is 20.9. The van der Waals surface area contributed by atoms with Gasteiger partial charge in [0.15, 0.2) is 19.0 Å². The van der Waals surface area contributed by atoms with Gasteiger partial charge in [-0.25, -0.2) is 4.68 Å². The van der Waals surface area contributed by atoms with Crippen LogP contribution >= 0.6 is 27.5 Å². The van der Waals surface area contributed by atoms with Crippen LogP contribution in [0.5, 0.6) is 11.5 Å². The number of carbonyl (C=O) groups is 1. The van der Waals surface area contributed by atoms with Crippen molar-refractivity contribution in [3.8, 4) is 34.5 Å². The molecule has 2 aromatic heterocycles. The number of aromatic nitrogens is 4. The second-order valence-electron chi connectivity index (χ2n) is 6.29. The molecule has 31 heavy (non-hydrogen) atoms. The summed E-state index contributed by atoms with van der Waals surface area (Å²) in [5.41, 5.74) is 6.28. The monoisotopic (exact) mass is 503 g/mol. The van der Waals surface area contributed by atoms with Crippen LogP contribution in [0.4, 0.5) is 0 Å². The Bertz CT molecular complexity index is 1210. The number of hydrogen-bond acceptors (Lipinski definition) is 7. The van der Waals surface area contributed by atoms with Crippen LogP contribution in [0.1, 0.15) is 0 Å². The van der Waals surface area contributed by atoms with E-state index in [9.17, 15) is 4.79 Å². The van der Waals surface area contributed by atoms with Crippen molar-refractivity contribution in [1.82, 2.24) is 19.9 Å². The third-order valence-corrected chi connectivity index (χ3v) is 4.81. The number of amides is 1. The molecular formula is C20H15BrClN5O4. The van der Waals surface area contributed by atoms with Gasteiger partial charge in [-0.2, -0.15) is 10.1 Å². The van der Waals surface area contributed by atoms with Crippen LogP contribution in [0.2, 0.25) is 5.02 Å². The zero-order chi connectivity index (χ0) is 21.8. The van der Waals surface area contributed by atoms with Crippen molar-refractivity contribution in [1.29, 1.82) is 0 Å². The van der Waals surface area contributed by atoms with E-state index in [1.165, 1.54) is 0 Å². The molecule has 2 N–H and O–H groups in total. The Hall–Kier alpha value is -3.37. The summed E-state index contributed by atoms with van der Waals surface area (Å²) in [7, 11) is 0. The second-order valence-corrected chi connectivity index (χ2v) is 7.61. The maximum absolute atomic E-state index is 10.8. The summed E-state index contributed by atoms with van der Waals surface area (Å²) < 4.78 is 18.7. The van der Waals surface area contributed by atoms with Crippen LogP contribution < -0.4 is 15.2 Å². The highest BCUT2D eigenvalue weighted by molar-refractivity contribution is 9.10. The molecule has 0 unspecified atom stereocenters. The van der Waals surface area contributed by atoms with E-state index in [1.54, 1.807) is 53.3 Å². The van der Waals surface area contributed by atoms with Crippen LogP contribution in [0.3, 0.4) is 0 Å². The van der Waals surface area contributed by atoms with Gasteiger partial charge in [-0.1, -0.05) is 32.7 Å². The van der Waals surface area contributed by atoms with E-state index in [4.69, 9.17) is 31.3 Å². The lowest BCUT2D eigenvalue weighted by Gasteiger charge is -2.08. The van der Waals surface area contributed by atoms with E-state index in [0.29, 0.717) is 33.6 Å². The van der Waals surface area contributed by atoms with Crippen LogP contribution in [-0.2, 0) is 11.5 Å². The van der Waals surface area contributed by atoms with Gasteiger partial charge in [0.05, 0.1) is 5.02 Å². The molecule has 9 nitrogen and oxygen atoms in total. The fourth-order valence-corrected chi connectivity index (χ4v) is 3.30. The lowest BCUT2D eigenvalue weighted by Crippen LogP contribution is -2.19. The molecule has 11 heteroatoms. The molecule has 2 heterocycles. The number of nitrogens with zero attached hydrogens (tertiary/aromatic N) is 4. The van der Waals surface area contributed by atoms with Gasteiger partial charge in [0, 0.05) is 16.2 Å². The average Bonchev–Trinajstić information content (AvgIpc) is 3.42. The topological polar surface area (TPSA) is 118 Å². The van der Waals surface area contributed by atoms with E-state index in [2.05, 4.69) is 31.2 Å². The van der Waals surface area contributed by atoms with Gasteiger partial charge in [-0.05, 0) is 48.5 Å². The number of ether oxygens (including phenoxy) is 2. The first-order valence-electron chi connectivity index (χ1n) is 8.95. The number of nitrogens with two attached hydrogens (primary N) is 1. The van der Waals surface area contributed by atoms with E-state index in [-0.39, 0.29) is 19.2 Å². The lowest BCUT2D eigenvalue weighted by molar-refractivity contribution is -0.119. The highest BCUT2D eigenvalue weighted by Gasteiger charge is 2.14. The van der Waals surface area contributed by atoms with E-state index < -0.39 is 5.91 Å². The molecule has 0 saturated heterocycles. The minimum atomic E-state index is -0.545. The smallest absolute Gasteiger partial charge is 0.278 e. The molecule has 4 rings (SSSR count). The second kappa shape index (κ2) is 9.19. The average molecular weight is 505 g/mol. The van der Waals surface area contributed by atoms with Gasteiger partial charge < -0.3 is 19.7 Å². The van der Waals surface area contributed by atoms with Crippen molar-refractivity contribution in [3.63, 3.8) is 0 Å². The Morgan fingerprint density at radius 1 is 1.16 bits per heavy atom. The molecule has 158 valence electrons. The first-order chi connectivity index (χ1) is 15.0.